The molecule has 0 saturated carbocycles. The van der Waals surface area contributed by atoms with Gasteiger partial charge in [-0.1, -0.05) is 71.1 Å². The monoisotopic (exact) mass is 368 g/mol. The number of para-hydroxylation sites is 1. The Bertz CT molecular complexity index is 459. The summed E-state index contributed by atoms with van der Waals surface area (Å²) in [5, 5.41) is 0. The Morgan fingerprint density at radius 3 is 2.11 bits per heavy atom. The first-order valence-corrected chi connectivity index (χ1v) is 7.83. The molecule has 19 heavy (non-hydrogen) atoms. The smallest absolute Gasteiger partial charge is 0.119 e. The van der Waals surface area contributed by atoms with Crippen molar-refractivity contribution < 1.29 is 9.47 Å². The quantitative estimate of drug-likeness (QED) is 0.413. The summed E-state index contributed by atoms with van der Waals surface area (Å²) in [7, 11) is 0. The molecule has 0 aliphatic carbocycles. The largest absolute Gasteiger partial charge is 0.491 e. The molecular weight excluding hydrogens is 351 g/mol. The molecule has 3 heteroatoms. The minimum absolute atomic E-state index is 0.140. The third-order valence-electron chi connectivity index (χ3n) is 2.73. The Morgan fingerprint density at radius 2 is 1.47 bits per heavy atom. The second-order valence-corrected chi connectivity index (χ2v) is 4.97. The molecule has 1 atom stereocenters. The molecule has 0 aliphatic rings. The van der Waals surface area contributed by atoms with E-state index in [4.69, 9.17) is 9.47 Å². The average molecular weight is 368 g/mol. The number of hydrogen-bond donors (Lipinski definition) is 0. The van der Waals surface area contributed by atoms with Gasteiger partial charge in [-0.25, -0.2) is 0 Å². The molecule has 0 aromatic heterocycles. The van der Waals surface area contributed by atoms with Crippen LogP contribution in [-0.2, 0) is 4.74 Å². The van der Waals surface area contributed by atoms with E-state index in [1.54, 1.807) is 0 Å². The molecular formula is C16H17IO2. The summed E-state index contributed by atoms with van der Waals surface area (Å²) in [5.74, 6) is 0.886. The molecule has 0 N–H and O–H groups in total. The molecule has 0 saturated heterocycles. The minimum atomic E-state index is 0.140. The van der Waals surface area contributed by atoms with Crippen molar-refractivity contribution in [3.8, 4) is 5.75 Å². The molecule has 2 rings (SSSR count). The SMILES string of the molecule is ICC(OCCOc1ccccc1)c1ccccc1. The summed E-state index contributed by atoms with van der Waals surface area (Å²) < 4.78 is 12.4. The van der Waals surface area contributed by atoms with E-state index in [2.05, 4.69) is 34.7 Å². The van der Waals surface area contributed by atoms with Crippen molar-refractivity contribution in [1.29, 1.82) is 0 Å². The molecule has 0 bridgehead atoms. The van der Waals surface area contributed by atoms with Gasteiger partial charge in [-0.15, -0.1) is 0 Å². The standard InChI is InChI=1S/C16H17IO2/c17-13-16(14-7-3-1-4-8-14)19-12-11-18-15-9-5-2-6-10-15/h1-10,16H,11-13H2. The molecule has 2 nitrogen and oxygen atoms in total. The summed E-state index contributed by atoms with van der Waals surface area (Å²) in [6, 6.07) is 20.1. The summed E-state index contributed by atoms with van der Waals surface area (Å²) in [5.41, 5.74) is 1.22. The van der Waals surface area contributed by atoms with Crippen LogP contribution >= 0.6 is 22.6 Å². The second-order valence-electron chi connectivity index (χ2n) is 4.09. The van der Waals surface area contributed by atoms with Crippen LogP contribution in [0.2, 0.25) is 0 Å². The second kappa shape index (κ2) is 8.17. The van der Waals surface area contributed by atoms with Gasteiger partial charge < -0.3 is 9.47 Å². The van der Waals surface area contributed by atoms with Crippen LogP contribution in [-0.4, -0.2) is 17.6 Å². The number of alkyl halides is 1. The first-order valence-electron chi connectivity index (χ1n) is 6.30. The van der Waals surface area contributed by atoms with E-state index in [1.807, 2.05) is 48.5 Å². The third kappa shape index (κ3) is 4.84. The van der Waals surface area contributed by atoms with Gasteiger partial charge in [0.1, 0.15) is 12.4 Å². The first-order chi connectivity index (χ1) is 9.40. The Labute approximate surface area is 127 Å². The fourth-order valence-electron chi connectivity index (χ4n) is 1.76. The van der Waals surface area contributed by atoms with E-state index < -0.39 is 0 Å². The van der Waals surface area contributed by atoms with Gasteiger partial charge in [0, 0.05) is 4.43 Å². The molecule has 1 unspecified atom stereocenters. The number of benzene rings is 2. The Kier molecular flexibility index (Phi) is 6.17. The third-order valence-corrected chi connectivity index (χ3v) is 3.53. The van der Waals surface area contributed by atoms with Gasteiger partial charge in [-0.05, 0) is 17.7 Å². The van der Waals surface area contributed by atoms with Crippen LogP contribution in [0, 0.1) is 0 Å². The normalized spacial score (nSPS) is 12.1. The number of halogens is 1. The summed E-state index contributed by atoms with van der Waals surface area (Å²) in [4.78, 5) is 0. The van der Waals surface area contributed by atoms with Gasteiger partial charge in [-0.3, -0.25) is 0 Å². The number of ether oxygens (including phenoxy) is 2. The van der Waals surface area contributed by atoms with E-state index in [0.717, 1.165) is 10.2 Å². The maximum absolute atomic E-state index is 5.87. The predicted octanol–water partition coefficient (Wildman–Crippen LogP) is 4.26. The lowest BCUT2D eigenvalue weighted by Gasteiger charge is -2.16. The molecule has 0 radical (unpaired) electrons. The van der Waals surface area contributed by atoms with Crippen LogP contribution in [0.5, 0.6) is 5.75 Å². The summed E-state index contributed by atoms with van der Waals surface area (Å²) in [6.45, 7) is 1.17. The van der Waals surface area contributed by atoms with Crippen LogP contribution in [0.3, 0.4) is 0 Å². The Hall–Kier alpha value is -1.07. The highest BCUT2D eigenvalue weighted by atomic mass is 127. The highest BCUT2D eigenvalue weighted by Crippen LogP contribution is 2.19. The lowest BCUT2D eigenvalue weighted by molar-refractivity contribution is 0.0484. The topological polar surface area (TPSA) is 18.5 Å². The van der Waals surface area contributed by atoms with Crippen LogP contribution in [0.15, 0.2) is 60.7 Å². The van der Waals surface area contributed by atoms with Crippen molar-refractivity contribution >= 4 is 22.6 Å². The number of hydrogen-bond acceptors (Lipinski definition) is 2. The molecule has 2 aromatic rings. The van der Waals surface area contributed by atoms with Crippen LogP contribution in [0.1, 0.15) is 11.7 Å². The first kappa shape index (κ1) is 14.3. The molecule has 100 valence electrons. The molecule has 0 fully saturated rings. The van der Waals surface area contributed by atoms with Crippen LogP contribution in [0.25, 0.3) is 0 Å². The molecule has 2 aromatic carbocycles. The van der Waals surface area contributed by atoms with Gasteiger partial charge >= 0.3 is 0 Å². The van der Waals surface area contributed by atoms with Crippen LogP contribution < -0.4 is 4.74 Å². The Morgan fingerprint density at radius 1 is 0.842 bits per heavy atom. The fourth-order valence-corrected chi connectivity index (χ4v) is 2.53. The van der Waals surface area contributed by atoms with Crippen molar-refractivity contribution in [2.45, 2.75) is 6.10 Å². The molecule has 0 aliphatic heterocycles. The van der Waals surface area contributed by atoms with E-state index in [0.29, 0.717) is 13.2 Å². The molecule has 0 heterocycles. The predicted molar refractivity (Wildman–Crippen MR) is 86.0 cm³/mol. The van der Waals surface area contributed by atoms with Crippen molar-refractivity contribution in [3.63, 3.8) is 0 Å². The van der Waals surface area contributed by atoms with Crippen LogP contribution in [0.4, 0.5) is 0 Å². The molecule has 0 spiro atoms. The maximum atomic E-state index is 5.87. The zero-order valence-corrected chi connectivity index (χ0v) is 12.8. The van der Waals surface area contributed by atoms with Gasteiger partial charge in [0.25, 0.3) is 0 Å². The van der Waals surface area contributed by atoms with E-state index in [-0.39, 0.29) is 6.10 Å². The van der Waals surface area contributed by atoms with Gasteiger partial charge in [-0.2, -0.15) is 0 Å². The van der Waals surface area contributed by atoms with E-state index in [1.165, 1.54) is 5.56 Å². The highest BCUT2D eigenvalue weighted by molar-refractivity contribution is 14.1. The summed E-state index contributed by atoms with van der Waals surface area (Å²) in [6.07, 6.45) is 0.140. The lowest BCUT2D eigenvalue weighted by atomic mass is 10.1. The van der Waals surface area contributed by atoms with Crippen molar-refractivity contribution in [2.24, 2.45) is 0 Å². The molecule has 0 amide bonds. The maximum Gasteiger partial charge on any atom is 0.119 e. The van der Waals surface area contributed by atoms with Gasteiger partial charge in [0.2, 0.25) is 0 Å². The fraction of sp³-hybridized carbons (Fsp3) is 0.250. The average Bonchev–Trinajstić information content (AvgIpc) is 2.49. The highest BCUT2D eigenvalue weighted by Gasteiger charge is 2.09. The zero-order valence-electron chi connectivity index (χ0n) is 10.7. The van der Waals surface area contributed by atoms with Crippen molar-refractivity contribution in [2.75, 3.05) is 17.6 Å². The summed E-state index contributed by atoms with van der Waals surface area (Å²) >= 11 is 2.35. The minimum Gasteiger partial charge on any atom is -0.491 e. The van der Waals surface area contributed by atoms with Crippen molar-refractivity contribution in [1.82, 2.24) is 0 Å². The van der Waals surface area contributed by atoms with Gasteiger partial charge in [0.05, 0.1) is 12.7 Å². The van der Waals surface area contributed by atoms with Gasteiger partial charge in [0.15, 0.2) is 0 Å². The van der Waals surface area contributed by atoms with Crippen molar-refractivity contribution in [3.05, 3.63) is 66.2 Å². The van der Waals surface area contributed by atoms with E-state index >= 15 is 0 Å². The lowest BCUT2D eigenvalue weighted by Crippen LogP contribution is -2.12. The Balaban J connectivity index is 1.75. The van der Waals surface area contributed by atoms with E-state index in [9.17, 15) is 0 Å². The number of rotatable bonds is 7. The zero-order chi connectivity index (χ0) is 13.3.